The van der Waals surface area contributed by atoms with Gasteiger partial charge in [0.15, 0.2) is 0 Å². The number of rotatable bonds is 5. The van der Waals surface area contributed by atoms with E-state index >= 15 is 0 Å². The highest BCUT2D eigenvalue weighted by atomic mass is 32.2. The predicted molar refractivity (Wildman–Crippen MR) is 155 cm³/mol. The Morgan fingerprint density at radius 2 is 1.38 bits per heavy atom. The summed E-state index contributed by atoms with van der Waals surface area (Å²) >= 11 is 0. The van der Waals surface area contributed by atoms with Gasteiger partial charge in [0.25, 0.3) is 10.2 Å². The van der Waals surface area contributed by atoms with Gasteiger partial charge in [-0.3, -0.25) is 4.72 Å². The van der Waals surface area contributed by atoms with Crippen LogP contribution in [0.3, 0.4) is 0 Å². The summed E-state index contributed by atoms with van der Waals surface area (Å²) in [7, 11) is -3.83. The van der Waals surface area contributed by atoms with Gasteiger partial charge in [-0.2, -0.15) is 8.42 Å². The van der Waals surface area contributed by atoms with Crippen LogP contribution in [0.2, 0.25) is 0 Å². The first kappa shape index (κ1) is 23.3. The van der Waals surface area contributed by atoms with Gasteiger partial charge in [0.2, 0.25) is 0 Å². The minimum Gasteiger partial charge on any atom is -0.316 e. The molecule has 0 bridgehead atoms. The van der Waals surface area contributed by atoms with Crippen molar-refractivity contribution in [1.29, 1.82) is 0 Å². The van der Waals surface area contributed by atoms with Crippen molar-refractivity contribution in [1.82, 2.24) is 4.57 Å². The largest absolute Gasteiger partial charge is 0.316 e. The number of aromatic nitrogens is 1. The third kappa shape index (κ3) is 4.24. The quantitative estimate of drug-likeness (QED) is 0.240. The number of nitrogens with one attached hydrogen (secondary N) is 1. The number of nitrogens with two attached hydrogens (primary N) is 1. The van der Waals surface area contributed by atoms with Crippen molar-refractivity contribution in [3.63, 3.8) is 0 Å². The molecule has 6 rings (SSSR count). The number of hydrogen-bond acceptors (Lipinski definition) is 2. The summed E-state index contributed by atoms with van der Waals surface area (Å²) in [5.41, 5.74) is 6.11. The minimum absolute atomic E-state index is 0.344. The van der Waals surface area contributed by atoms with Crippen LogP contribution in [0.1, 0.15) is 25.3 Å². The molecule has 0 aliphatic heterocycles. The first-order valence-corrected chi connectivity index (χ1v) is 13.8. The Kier molecular flexibility index (Phi) is 5.51. The van der Waals surface area contributed by atoms with Crippen LogP contribution < -0.4 is 9.86 Å². The Bertz CT molecular complexity index is 1850. The average Bonchev–Trinajstić information content (AvgIpc) is 3.26. The molecule has 5 nitrogen and oxygen atoms in total. The van der Waals surface area contributed by atoms with Gasteiger partial charge < -0.3 is 4.57 Å². The maximum absolute atomic E-state index is 11.4. The number of benzene rings is 5. The molecule has 0 radical (unpaired) electrons. The molecule has 0 aliphatic rings. The molecule has 6 aromatic rings. The lowest BCUT2D eigenvalue weighted by atomic mass is 9.91. The van der Waals surface area contributed by atoms with Crippen LogP contribution in [0.15, 0.2) is 103 Å². The van der Waals surface area contributed by atoms with E-state index in [4.69, 9.17) is 5.14 Å². The highest BCUT2D eigenvalue weighted by Gasteiger charge is 2.16. The first-order chi connectivity index (χ1) is 17.8. The monoisotopic (exact) mass is 505 g/mol. The van der Waals surface area contributed by atoms with E-state index < -0.39 is 10.2 Å². The predicted octanol–water partition coefficient (Wildman–Crippen LogP) is 7.34. The fourth-order valence-electron chi connectivity index (χ4n) is 5.26. The summed E-state index contributed by atoms with van der Waals surface area (Å²) in [5.74, 6) is 0.344. The van der Waals surface area contributed by atoms with Crippen LogP contribution in [0, 0.1) is 0 Å². The molecule has 0 spiro atoms. The number of nitrogens with zero attached hydrogens (tertiary/aromatic N) is 1. The molecule has 3 N–H and O–H groups in total. The van der Waals surface area contributed by atoms with Crippen molar-refractivity contribution in [2.75, 3.05) is 4.72 Å². The summed E-state index contributed by atoms with van der Waals surface area (Å²) in [6, 6.07) is 33.3. The molecular formula is C31H27N3O2S. The molecule has 5 aromatic carbocycles. The van der Waals surface area contributed by atoms with Crippen molar-refractivity contribution < 1.29 is 8.42 Å². The van der Waals surface area contributed by atoms with E-state index in [1.807, 2.05) is 12.1 Å². The second-order valence-electron chi connectivity index (χ2n) is 9.73. The molecule has 0 fully saturated rings. The van der Waals surface area contributed by atoms with Crippen molar-refractivity contribution >= 4 is 48.3 Å². The summed E-state index contributed by atoms with van der Waals surface area (Å²) in [5, 5.41) is 11.2. The Labute approximate surface area is 216 Å². The Hall–Kier alpha value is -4.13. The molecule has 0 unspecified atom stereocenters. The van der Waals surface area contributed by atoms with Crippen LogP contribution >= 0.6 is 0 Å². The van der Waals surface area contributed by atoms with E-state index in [2.05, 4.69) is 102 Å². The SMILES string of the molecule is CC(C)c1cn(-c2ccc(NS(N)(=O)=O)cc2)c2cc(-c3c4ccccc4cc4ccccc34)ccc12. The zero-order chi connectivity index (χ0) is 25.7. The van der Waals surface area contributed by atoms with Crippen molar-refractivity contribution in [3.05, 3.63) is 109 Å². The van der Waals surface area contributed by atoms with E-state index in [1.54, 1.807) is 12.1 Å². The van der Waals surface area contributed by atoms with E-state index in [9.17, 15) is 8.42 Å². The molecule has 0 amide bonds. The third-order valence-corrected chi connectivity index (χ3v) is 7.44. The lowest BCUT2D eigenvalue weighted by Gasteiger charge is -2.13. The maximum Gasteiger partial charge on any atom is 0.296 e. The van der Waals surface area contributed by atoms with Gasteiger partial charge in [0, 0.05) is 23.0 Å². The van der Waals surface area contributed by atoms with Crippen LogP contribution in [0.4, 0.5) is 5.69 Å². The zero-order valence-electron chi connectivity index (χ0n) is 20.6. The molecule has 0 saturated heterocycles. The third-order valence-electron chi connectivity index (χ3n) is 6.92. The van der Waals surface area contributed by atoms with Crippen LogP contribution in [-0.4, -0.2) is 13.0 Å². The maximum atomic E-state index is 11.4. The van der Waals surface area contributed by atoms with Gasteiger partial charge in [0.05, 0.1) is 5.52 Å². The van der Waals surface area contributed by atoms with Crippen LogP contribution in [0.25, 0.3) is 49.3 Å². The summed E-state index contributed by atoms with van der Waals surface area (Å²) in [6.07, 6.45) is 2.18. The topological polar surface area (TPSA) is 77.1 Å². The second kappa shape index (κ2) is 8.76. The van der Waals surface area contributed by atoms with Gasteiger partial charge in [-0.1, -0.05) is 74.5 Å². The first-order valence-electron chi connectivity index (χ1n) is 12.3. The van der Waals surface area contributed by atoms with Gasteiger partial charge >= 0.3 is 0 Å². The Morgan fingerprint density at radius 3 is 1.97 bits per heavy atom. The highest BCUT2D eigenvalue weighted by molar-refractivity contribution is 7.90. The summed E-state index contributed by atoms with van der Waals surface area (Å²) in [4.78, 5) is 0. The van der Waals surface area contributed by atoms with Gasteiger partial charge in [-0.05, 0) is 80.6 Å². The molecule has 0 saturated carbocycles. The van der Waals surface area contributed by atoms with E-state index in [1.165, 1.54) is 38.1 Å². The van der Waals surface area contributed by atoms with Gasteiger partial charge in [-0.25, -0.2) is 5.14 Å². The van der Waals surface area contributed by atoms with Gasteiger partial charge in [0.1, 0.15) is 0 Å². The second-order valence-corrected chi connectivity index (χ2v) is 11.0. The normalized spacial score (nSPS) is 12.1. The van der Waals surface area contributed by atoms with Crippen LogP contribution in [0.5, 0.6) is 0 Å². The molecule has 0 aliphatic carbocycles. The zero-order valence-corrected chi connectivity index (χ0v) is 21.5. The Morgan fingerprint density at radius 1 is 0.757 bits per heavy atom. The standard InChI is InChI=1S/C31H27N3O2S/c1-20(2)29-19-34(25-14-12-24(13-15-25)33-37(32,35)36)30-18-23(11-16-28(29)30)31-26-9-5-3-7-21(26)17-22-8-4-6-10-27(22)31/h3-20,33H,1-2H3,(H2,32,35,36). The van der Waals surface area contributed by atoms with E-state index in [-0.39, 0.29) is 0 Å². The van der Waals surface area contributed by atoms with Crippen molar-refractivity contribution in [2.24, 2.45) is 5.14 Å². The molecular weight excluding hydrogens is 478 g/mol. The molecule has 6 heteroatoms. The van der Waals surface area contributed by atoms with E-state index in [0.29, 0.717) is 11.6 Å². The number of hydrogen-bond donors (Lipinski definition) is 2. The lowest BCUT2D eigenvalue weighted by molar-refractivity contribution is 0.603. The summed E-state index contributed by atoms with van der Waals surface area (Å²) in [6.45, 7) is 4.40. The molecule has 37 heavy (non-hydrogen) atoms. The van der Waals surface area contributed by atoms with Crippen molar-refractivity contribution in [2.45, 2.75) is 19.8 Å². The van der Waals surface area contributed by atoms with Crippen molar-refractivity contribution in [3.8, 4) is 16.8 Å². The lowest BCUT2D eigenvalue weighted by Crippen LogP contribution is -2.21. The average molecular weight is 506 g/mol. The van der Waals surface area contributed by atoms with Crippen LogP contribution in [-0.2, 0) is 10.2 Å². The molecule has 0 atom stereocenters. The number of anilines is 1. The molecule has 184 valence electrons. The molecule has 1 heterocycles. The fraction of sp³-hybridized carbons (Fsp3) is 0.0968. The smallest absolute Gasteiger partial charge is 0.296 e. The highest BCUT2D eigenvalue weighted by Crippen LogP contribution is 2.39. The van der Waals surface area contributed by atoms with E-state index in [0.717, 1.165) is 16.8 Å². The fourth-order valence-corrected chi connectivity index (χ4v) is 5.73. The molecule has 1 aromatic heterocycles. The summed E-state index contributed by atoms with van der Waals surface area (Å²) < 4.78 is 27.4. The number of fused-ring (bicyclic) bond motifs is 3. The minimum atomic E-state index is -3.83. The Balaban J connectivity index is 1.59. The van der Waals surface area contributed by atoms with Gasteiger partial charge in [-0.15, -0.1) is 0 Å².